The van der Waals surface area contributed by atoms with Crippen LogP contribution in [0.25, 0.3) is 0 Å². The van der Waals surface area contributed by atoms with Crippen molar-refractivity contribution < 1.29 is 51.8 Å². The van der Waals surface area contributed by atoms with Gasteiger partial charge < -0.3 is 35.2 Å². The zero-order valence-electron chi connectivity index (χ0n) is 33.8. The molecule has 320 valence electrons. The van der Waals surface area contributed by atoms with Gasteiger partial charge in [0, 0.05) is 6.42 Å². The third-order valence-electron chi connectivity index (χ3n) is 10.3. The van der Waals surface area contributed by atoms with E-state index in [0.29, 0.717) is 6.42 Å². The predicted octanol–water partition coefficient (Wildman–Crippen LogP) is 7.60. The smallest absolute Gasteiger partial charge is 0.394 e. The average Bonchev–Trinajstić information content (AvgIpc) is 3.14. The molecule has 1 heterocycles. The van der Waals surface area contributed by atoms with Gasteiger partial charge in [0.05, 0.1) is 25.4 Å². The normalized spacial score (nSPS) is 21.8. The van der Waals surface area contributed by atoms with Crippen LogP contribution in [0.5, 0.6) is 0 Å². The van der Waals surface area contributed by atoms with Gasteiger partial charge in [-0.2, -0.15) is 8.42 Å². The summed E-state index contributed by atoms with van der Waals surface area (Å²) in [5.41, 5.74) is 0. The molecule has 0 bridgehead atoms. The van der Waals surface area contributed by atoms with Crippen molar-refractivity contribution in [2.45, 2.75) is 230 Å². The molecule has 0 radical (unpaired) electrons. The summed E-state index contributed by atoms with van der Waals surface area (Å²) < 4.78 is 47.5. The molecule has 1 rings (SSSR count). The highest BCUT2D eigenvalue weighted by molar-refractivity contribution is 7.80. The number of ether oxygens (including phenoxy) is 2. The Balaban J connectivity index is 2.57. The molecule has 7 unspecified atom stereocenters. The zero-order valence-corrected chi connectivity index (χ0v) is 34.6. The number of allylic oxidation sites excluding steroid dienone is 1. The van der Waals surface area contributed by atoms with E-state index in [-0.39, 0.29) is 18.9 Å². The van der Waals surface area contributed by atoms with Crippen LogP contribution < -0.4 is 5.32 Å². The second kappa shape index (κ2) is 32.9. The van der Waals surface area contributed by atoms with Crippen molar-refractivity contribution in [1.29, 1.82) is 0 Å². The number of nitrogens with one attached hydrogen (secondary N) is 1. The van der Waals surface area contributed by atoms with E-state index < -0.39 is 59.9 Å². The van der Waals surface area contributed by atoms with Crippen molar-refractivity contribution in [3.05, 3.63) is 12.2 Å². The lowest BCUT2D eigenvalue weighted by atomic mass is 9.99. The Morgan fingerprint density at radius 3 is 1.61 bits per heavy atom. The molecule has 0 aliphatic carbocycles. The van der Waals surface area contributed by atoms with Crippen molar-refractivity contribution in [1.82, 2.24) is 5.32 Å². The molecule has 6 N–H and O–H groups in total. The van der Waals surface area contributed by atoms with Gasteiger partial charge in [0.1, 0.15) is 24.4 Å². The number of amides is 1. The SMILES string of the molecule is CCCCCCCCCCCCCC=CC(O)C(COC1OC(CO)C(O)C(OS(=O)(=O)O)C1O)NC(=O)CCCCCCCCCCCCCCCC. The number of unbranched alkanes of at least 4 members (excludes halogenated alkanes) is 24. The molecule has 0 aromatic rings. The topological polar surface area (TPSA) is 192 Å². The summed E-state index contributed by atoms with van der Waals surface area (Å²) in [4.78, 5) is 13.0. The van der Waals surface area contributed by atoms with Crippen LogP contribution >= 0.6 is 0 Å². The van der Waals surface area contributed by atoms with Crippen LogP contribution in [0.1, 0.15) is 187 Å². The van der Waals surface area contributed by atoms with E-state index in [0.717, 1.165) is 38.5 Å². The average molecular weight is 794 g/mol. The van der Waals surface area contributed by atoms with Crippen LogP contribution in [0.3, 0.4) is 0 Å². The Bertz CT molecular complexity index is 1030. The first-order valence-electron chi connectivity index (χ1n) is 21.6. The Kier molecular flexibility index (Phi) is 31.0. The number of hydrogen-bond donors (Lipinski definition) is 6. The third kappa shape index (κ3) is 25.9. The molecule has 0 aromatic carbocycles. The fraction of sp³-hybridized carbons (Fsp3) is 0.927. The first-order chi connectivity index (χ1) is 26.0. The molecule has 1 aliphatic rings. The predicted molar refractivity (Wildman–Crippen MR) is 213 cm³/mol. The minimum Gasteiger partial charge on any atom is -0.394 e. The van der Waals surface area contributed by atoms with E-state index in [1.54, 1.807) is 6.08 Å². The molecule has 1 amide bonds. The van der Waals surface area contributed by atoms with Crippen molar-refractivity contribution in [2.24, 2.45) is 0 Å². The van der Waals surface area contributed by atoms with Crippen molar-refractivity contribution in [3.8, 4) is 0 Å². The highest BCUT2D eigenvalue weighted by Crippen LogP contribution is 2.26. The van der Waals surface area contributed by atoms with Gasteiger partial charge in [0.15, 0.2) is 6.29 Å². The molecular weight excluding hydrogens is 715 g/mol. The third-order valence-corrected chi connectivity index (χ3v) is 10.8. The Morgan fingerprint density at radius 2 is 1.17 bits per heavy atom. The second-order valence-corrected chi connectivity index (χ2v) is 16.3. The Morgan fingerprint density at radius 1 is 0.722 bits per heavy atom. The maximum atomic E-state index is 13.0. The van der Waals surface area contributed by atoms with Gasteiger partial charge in [-0.3, -0.25) is 9.35 Å². The summed E-state index contributed by atoms with van der Waals surface area (Å²) in [6.07, 6.45) is 25.3. The molecule has 0 saturated carbocycles. The molecule has 13 heteroatoms. The van der Waals surface area contributed by atoms with Crippen molar-refractivity contribution >= 4 is 16.3 Å². The second-order valence-electron chi connectivity index (χ2n) is 15.3. The van der Waals surface area contributed by atoms with E-state index in [1.165, 1.54) is 122 Å². The first-order valence-corrected chi connectivity index (χ1v) is 22.9. The number of hydrogen-bond acceptors (Lipinski definition) is 10. The molecule has 1 saturated heterocycles. The van der Waals surface area contributed by atoms with Gasteiger partial charge in [-0.25, -0.2) is 4.18 Å². The standard InChI is InChI=1S/C41H79NO11S/c1-3-5-7-9-11-13-15-17-19-21-23-25-27-29-31-37(45)42-34(35(44)30-28-26-24-22-20-18-16-14-12-10-8-6-4-2)33-51-41-39(47)40(53-54(48,49)50)38(46)36(32-43)52-41/h28,30,34-36,38-41,43-44,46-47H,3-27,29,31-33H2,1-2H3,(H,42,45)(H,48,49,50). The number of rotatable bonds is 36. The highest BCUT2D eigenvalue weighted by atomic mass is 32.3. The lowest BCUT2D eigenvalue weighted by molar-refractivity contribution is -0.298. The summed E-state index contributed by atoms with van der Waals surface area (Å²) in [7, 11) is -5.08. The number of carbonyl (C=O) groups excluding carboxylic acids is 1. The van der Waals surface area contributed by atoms with E-state index >= 15 is 0 Å². The molecule has 0 spiro atoms. The highest BCUT2D eigenvalue weighted by Gasteiger charge is 2.48. The van der Waals surface area contributed by atoms with Crippen LogP contribution in [0.15, 0.2) is 12.2 Å². The van der Waals surface area contributed by atoms with Gasteiger partial charge in [-0.1, -0.05) is 174 Å². The van der Waals surface area contributed by atoms with Crippen LogP contribution in [0, 0.1) is 0 Å². The van der Waals surface area contributed by atoms with Crippen LogP contribution in [0.2, 0.25) is 0 Å². The number of carbonyl (C=O) groups is 1. The fourth-order valence-electron chi connectivity index (χ4n) is 6.92. The van der Waals surface area contributed by atoms with Gasteiger partial charge in [-0.05, 0) is 19.3 Å². The van der Waals surface area contributed by atoms with E-state index in [9.17, 15) is 33.6 Å². The molecule has 7 atom stereocenters. The Hall–Kier alpha value is -1.16. The number of aliphatic hydroxyl groups excluding tert-OH is 4. The van der Waals surface area contributed by atoms with Gasteiger partial charge in [0.2, 0.25) is 5.91 Å². The molecule has 1 aliphatic heterocycles. The van der Waals surface area contributed by atoms with Gasteiger partial charge >= 0.3 is 10.4 Å². The zero-order chi connectivity index (χ0) is 39.9. The van der Waals surface area contributed by atoms with E-state index in [2.05, 4.69) is 23.3 Å². The number of aliphatic hydroxyl groups is 4. The van der Waals surface area contributed by atoms with Crippen LogP contribution in [0.4, 0.5) is 0 Å². The molecule has 12 nitrogen and oxygen atoms in total. The quantitative estimate of drug-likeness (QED) is 0.0208. The molecule has 1 fully saturated rings. The van der Waals surface area contributed by atoms with Crippen LogP contribution in [-0.4, -0.2) is 95.4 Å². The minimum atomic E-state index is -5.08. The van der Waals surface area contributed by atoms with E-state index in [4.69, 9.17) is 14.0 Å². The van der Waals surface area contributed by atoms with Crippen LogP contribution in [-0.2, 0) is 28.9 Å². The summed E-state index contributed by atoms with van der Waals surface area (Å²) in [6.45, 7) is 3.37. The largest absolute Gasteiger partial charge is 0.397 e. The fourth-order valence-corrected chi connectivity index (χ4v) is 7.43. The first kappa shape index (κ1) is 50.9. The maximum absolute atomic E-state index is 13.0. The molecular formula is C41H79NO11S. The minimum absolute atomic E-state index is 0.262. The summed E-state index contributed by atoms with van der Waals surface area (Å²) in [6, 6.07) is -0.936. The summed E-state index contributed by atoms with van der Waals surface area (Å²) in [5.74, 6) is -0.262. The summed E-state index contributed by atoms with van der Waals surface area (Å²) >= 11 is 0. The van der Waals surface area contributed by atoms with E-state index in [1.807, 2.05) is 6.08 Å². The van der Waals surface area contributed by atoms with Crippen molar-refractivity contribution in [3.63, 3.8) is 0 Å². The van der Waals surface area contributed by atoms with Gasteiger partial charge in [0.25, 0.3) is 0 Å². The van der Waals surface area contributed by atoms with Gasteiger partial charge in [-0.15, -0.1) is 0 Å². The monoisotopic (exact) mass is 794 g/mol. The van der Waals surface area contributed by atoms with Crippen molar-refractivity contribution in [2.75, 3.05) is 13.2 Å². The lowest BCUT2D eigenvalue weighted by Crippen LogP contribution is -2.61. The lowest BCUT2D eigenvalue weighted by Gasteiger charge is -2.41. The molecule has 54 heavy (non-hydrogen) atoms. The molecule has 0 aromatic heterocycles. The summed E-state index contributed by atoms with van der Waals surface area (Å²) in [5, 5.41) is 44.6. The Labute approximate surface area is 328 Å². The maximum Gasteiger partial charge on any atom is 0.397 e.